The lowest BCUT2D eigenvalue weighted by atomic mass is 9.84. The summed E-state index contributed by atoms with van der Waals surface area (Å²) in [6.45, 7) is 3.81. The average molecular weight is 551 g/mol. The summed E-state index contributed by atoms with van der Waals surface area (Å²) in [6.07, 6.45) is 1.96. The SMILES string of the molecule is CC(=O)N1CCC(C(=O)N2CCC(NC(=O)c3ccc(CCl)cc3)C(c3ccc(Cl)c(Cl)c3)C2)CC1. The minimum atomic E-state index is -0.175. The largest absolute Gasteiger partial charge is 0.349 e. The highest BCUT2D eigenvalue weighted by Gasteiger charge is 2.37. The van der Waals surface area contributed by atoms with Crippen molar-refractivity contribution in [2.24, 2.45) is 5.92 Å². The first-order valence-electron chi connectivity index (χ1n) is 12.2. The smallest absolute Gasteiger partial charge is 0.251 e. The van der Waals surface area contributed by atoms with Crippen LogP contribution in [0.3, 0.4) is 0 Å². The number of nitrogens with one attached hydrogen (secondary N) is 1. The zero-order valence-electron chi connectivity index (χ0n) is 20.2. The van der Waals surface area contributed by atoms with E-state index in [-0.39, 0.29) is 35.6 Å². The fourth-order valence-electron chi connectivity index (χ4n) is 5.10. The van der Waals surface area contributed by atoms with Crippen LogP contribution >= 0.6 is 34.8 Å². The van der Waals surface area contributed by atoms with E-state index in [1.807, 2.05) is 29.2 Å². The molecule has 4 rings (SSSR count). The fourth-order valence-corrected chi connectivity index (χ4v) is 5.59. The van der Waals surface area contributed by atoms with E-state index in [2.05, 4.69) is 5.32 Å². The summed E-state index contributed by atoms with van der Waals surface area (Å²) in [5.41, 5.74) is 2.44. The predicted molar refractivity (Wildman–Crippen MR) is 143 cm³/mol. The number of hydrogen-bond donors (Lipinski definition) is 1. The maximum Gasteiger partial charge on any atom is 0.251 e. The Bertz CT molecular complexity index is 1120. The van der Waals surface area contributed by atoms with Crippen LogP contribution in [0.2, 0.25) is 10.0 Å². The standard InChI is InChI=1S/C27H30Cl3N3O3/c1-17(34)32-11-8-20(9-12-32)27(36)33-13-10-25(22(16-33)21-6-7-23(29)24(30)14-21)31-26(35)19-4-2-18(15-28)3-5-19/h2-7,14,20,22,25H,8-13,15-16H2,1H3,(H,31,35). The van der Waals surface area contributed by atoms with Crippen molar-refractivity contribution in [3.8, 4) is 0 Å². The molecule has 0 aromatic heterocycles. The van der Waals surface area contributed by atoms with Crippen molar-refractivity contribution in [2.75, 3.05) is 26.2 Å². The molecule has 2 aromatic carbocycles. The predicted octanol–water partition coefficient (Wildman–Crippen LogP) is 5.11. The van der Waals surface area contributed by atoms with Gasteiger partial charge in [-0.3, -0.25) is 14.4 Å². The molecule has 2 heterocycles. The number of piperidine rings is 2. The number of carbonyl (C=O) groups excluding carboxylic acids is 3. The van der Waals surface area contributed by atoms with Gasteiger partial charge in [-0.05, 0) is 54.7 Å². The van der Waals surface area contributed by atoms with E-state index in [1.165, 1.54) is 0 Å². The minimum Gasteiger partial charge on any atom is -0.349 e. The Hall–Kier alpha value is -2.28. The van der Waals surface area contributed by atoms with Crippen LogP contribution in [0, 0.1) is 5.92 Å². The second-order valence-electron chi connectivity index (χ2n) is 9.54. The number of nitrogens with zero attached hydrogens (tertiary/aromatic N) is 2. The van der Waals surface area contributed by atoms with Crippen LogP contribution in [-0.2, 0) is 15.5 Å². The van der Waals surface area contributed by atoms with E-state index in [0.29, 0.717) is 66.9 Å². The third-order valence-corrected chi connectivity index (χ3v) is 8.32. The van der Waals surface area contributed by atoms with Crippen molar-refractivity contribution in [1.29, 1.82) is 0 Å². The molecule has 6 nitrogen and oxygen atoms in total. The molecule has 0 saturated carbocycles. The Morgan fingerprint density at radius 1 is 0.917 bits per heavy atom. The van der Waals surface area contributed by atoms with Gasteiger partial charge in [0.2, 0.25) is 11.8 Å². The van der Waals surface area contributed by atoms with Gasteiger partial charge in [0.1, 0.15) is 0 Å². The van der Waals surface area contributed by atoms with Gasteiger partial charge in [0.05, 0.1) is 10.0 Å². The minimum absolute atomic E-state index is 0.0504. The Kier molecular flexibility index (Phi) is 8.81. The van der Waals surface area contributed by atoms with E-state index < -0.39 is 0 Å². The highest BCUT2D eigenvalue weighted by Crippen LogP contribution is 2.33. The second kappa shape index (κ2) is 11.8. The molecule has 2 saturated heterocycles. The van der Waals surface area contributed by atoms with Crippen molar-refractivity contribution >= 4 is 52.5 Å². The molecule has 2 aliphatic rings. The van der Waals surface area contributed by atoms with Gasteiger partial charge in [0.25, 0.3) is 5.91 Å². The zero-order chi connectivity index (χ0) is 25.8. The molecule has 0 bridgehead atoms. The summed E-state index contributed by atoms with van der Waals surface area (Å²) < 4.78 is 0. The van der Waals surface area contributed by atoms with E-state index in [0.717, 1.165) is 11.1 Å². The molecule has 0 spiro atoms. The summed E-state index contributed by atoms with van der Waals surface area (Å²) in [7, 11) is 0. The first kappa shape index (κ1) is 26.8. The van der Waals surface area contributed by atoms with E-state index in [1.54, 1.807) is 30.0 Å². The average Bonchev–Trinajstić information content (AvgIpc) is 2.90. The van der Waals surface area contributed by atoms with Crippen molar-refractivity contribution in [3.63, 3.8) is 0 Å². The maximum absolute atomic E-state index is 13.4. The topological polar surface area (TPSA) is 69.7 Å². The first-order valence-corrected chi connectivity index (χ1v) is 13.5. The van der Waals surface area contributed by atoms with Crippen molar-refractivity contribution in [1.82, 2.24) is 15.1 Å². The number of likely N-dealkylation sites (tertiary alicyclic amines) is 2. The second-order valence-corrected chi connectivity index (χ2v) is 10.6. The number of amides is 3. The van der Waals surface area contributed by atoms with Crippen molar-refractivity contribution < 1.29 is 14.4 Å². The monoisotopic (exact) mass is 549 g/mol. The Balaban J connectivity index is 1.50. The normalized spacial score (nSPS) is 20.8. The van der Waals surface area contributed by atoms with Gasteiger partial charge in [0.15, 0.2) is 0 Å². The number of alkyl halides is 1. The van der Waals surface area contributed by atoms with Crippen LogP contribution < -0.4 is 5.32 Å². The number of rotatable bonds is 5. The molecule has 0 aliphatic carbocycles. The van der Waals surface area contributed by atoms with E-state index >= 15 is 0 Å². The van der Waals surface area contributed by atoms with Crippen LogP contribution in [0.5, 0.6) is 0 Å². The molecule has 2 fully saturated rings. The third-order valence-electron chi connectivity index (χ3n) is 7.27. The Morgan fingerprint density at radius 3 is 2.19 bits per heavy atom. The Labute approximate surface area is 226 Å². The van der Waals surface area contributed by atoms with Crippen molar-refractivity contribution in [3.05, 3.63) is 69.2 Å². The van der Waals surface area contributed by atoms with Gasteiger partial charge in [0, 0.05) is 62.4 Å². The molecule has 3 amide bonds. The van der Waals surface area contributed by atoms with Gasteiger partial charge < -0.3 is 15.1 Å². The van der Waals surface area contributed by atoms with Crippen molar-refractivity contribution in [2.45, 2.75) is 44.0 Å². The summed E-state index contributed by atoms with van der Waals surface area (Å²) in [5, 5.41) is 4.08. The summed E-state index contributed by atoms with van der Waals surface area (Å²) in [5.74, 6) is 0.158. The summed E-state index contributed by atoms with van der Waals surface area (Å²) >= 11 is 18.4. The molecular formula is C27H30Cl3N3O3. The van der Waals surface area contributed by atoms with E-state index in [4.69, 9.17) is 34.8 Å². The number of halogens is 3. The van der Waals surface area contributed by atoms with Crippen LogP contribution in [0.1, 0.15) is 53.6 Å². The lowest BCUT2D eigenvalue weighted by Gasteiger charge is -2.41. The fraction of sp³-hybridized carbons (Fsp3) is 0.444. The number of hydrogen-bond acceptors (Lipinski definition) is 3. The van der Waals surface area contributed by atoms with Gasteiger partial charge in [-0.15, -0.1) is 11.6 Å². The zero-order valence-corrected chi connectivity index (χ0v) is 22.5. The Morgan fingerprint density at radius 2 is 1.58 bits per heavy atom. The first-order chi connectivity index (χ1) is 17.3. The molecule has 0 radical (unpaired) electrons. The van der Waals surface area contributed by atoms with Crippen LogP contribution in [0.4, 0.5) is 0 Å². The maximum atomic E-state index is 13.4. The quantitative estimate of drug-likeness (QED) is 0.526. The van der Waals surface area contributed by atoms with E-state index in [9.17, 15) is 14.4 Å². The summed E-state index contributed by atoms with van der Waals surface area (Å²) in [4.78, 5) is 41.8. The summed E-state index contributed by atoms with van der Waals surface area (Å²) in [6, 6.07) is 12.5. The number of carbonyl (C=O) groups is 3. The third kappa shape index (κ3) is 6.16. The van der Waals surface area contributed by atoms with Gasteiger partial charge >= 0.3 is 0 Å². The number of benzene rings is 2. The van der Waals surface area contributed by atoms with Crippen LogP contribution in [0.25, 0.3) is 0 Å². The highest BCUT2D eigenvalue weighted by atomic mass is 35.5. The lowest BCUT2D eigenvalue weighted by Crippen LogP contribution is -2.53. The van der Waals surface area contributed by atoms with Crippen LogP contribution in [-0.4, -0.2) is 59.7 Å². The molecule has 192 valence electrons. The molecule has 36 heavy (non-hydrogen) atoms. The highest BCUT2D eigenvalue weighted by molar-refractivity contribution is 6.42. The molecule has 2 unspecified atom stereocenters. The molecular weight excluding hydrogens is 521 g/mol. The molecule has 2 aromatic rings. The van der Waals surface area contributed by atoms with Gasteiger partial charge in [-0.25, -0.2) is 0 Å². The van der Waals surface area contributed by atoms with Gasteiger partial charge in [-0.1, -0.05) is 41.4 Å². The molecule has 2 aliphatic heterocycles. The van der Waals surface area contributed by atoms with Gasteiger partial charge in [-0.2, -0.15) is 0 Å². The molecule has 2 atom stereocenters. The molecule has 1 N–H and O–H groups in total. The van der Waals surface area contributed by atoms with Crippen LogP contribution in [0.15, 0.2) is 42.5 Å². The lowest BCUT2D eigenvalue weighted by molar-refractivity contribution is -0.141. The molecule has 9 heteroatoms.